The largest absolute Gasteiger partial charge is 0.464 e. The molecule has 3 rings (SSSR count). The van der Waals surface area contributed by atoms with Crippen LogP contribution in [0.25, 0.3) is 11.3 Å². The Balaban J connectivity index is 1.56. The first-order valence-corrected chi connectivity index (χ1v) is 7.89. The van der Waals surface area contributed by atoms with Crippen LogP contribution >= 0.6 is 22.9 Å². The molecule has 22 heavy (non-hydrogen) atoms. The predicted octanol–water partition coefficient (Wildman–Crippen LogP) is 4.98. The molecule has 0 unspecified atom stereocenters. The molecule has 0 saturated carbocycles. The first-order chi connectivity index (χ1) is 10.7. The molecule has 0 aliphatic heterocycles. The van der Waals surface area contributed by atoms with E-state index in [1.807, 2.05) is 35.7 Å². The van der Waals surface area contributed by atoms with Crippen molar-refractivity contribution in [3.63, 3.8) is 0 Å². The van der Waals surface area contributed by atoms with Crippen molar-refractivity contribution >= 4 is 34.7 Å². The number of hydrogen-bond acceptors (Lipinski definition) is 3. The number of anilines is 1. The summed E-state index contributed by atoms with van der Waals surface area (Å²) in [6.45, 7) is 0.446. The van der Waals surface area contributed by atoms with Gasteiger partial charge in [0.05, 0.1) is 23.5 Å². The lowest BCUT2D eigenvalue weighted by molar-refractivity contribution is 0.252. The molecular weight excluding hydrogens is 320 g/mol. The fourth-order valence-electron chi connectivity index (χ4n) is 1.94. The molecular formula is C16H13ClN2O2S. The quantitative estimate of drug-likeness (QED) is 0.707. The second-order valence-electron chi connectivity index (χ2n) is 4.57. The highest BCUT2D eigenvalue weighted by atomic mass is 35.5. The number of hydrogen-bond donors (Lipinski definition) is 2. The molecule has 0 spiro atoms. The van der Waals surface area contributed by atoms with Crippen LogP contribution in [0.15, 0.2) is 58.5 Å². The van der Waals surface area contributed by atoms with Crippen LogP contribution in [0.4, 0.5) is 10.5 Å². The van der Waals surface area contributed by atoms with Crippen molar-refractivity contribution < 1.29 is 9.21 Å². The molecule has 112 valence electrons. The number of urea groups is 1. The Morgan fingerprint density at radius 3 is 2.86 bits per heavy atom. The maximum Gasteiger partial charge on any atom is 0.319 e. The molecule has 2 N–H and O–H groups in total. The van der Waals surface area contributed by atoms with E-state index >= 15 is 0 Å². The summed E-state index contributed by atoms with van der Waals surface area (Å²) in [5.41, 5.74) is 1.60. The zero-order chi connectivity index (χ0) is 15.4. The summed E-state index contributed by atoms with van der Waals surface area (Å²) in [6, 6.07) is 12.6. The number of amides is 2. The molecule has 2 amide bonds. The molecule has 3 aromatic rings. The molecule has 0 aliphatic carbocycles. The third kappa shape index (κ3) is 3.50. The monoisotopic (exact) mass is 332 g/mol. The minimum Gasteiger partial charge on any atom is -0.464 e. The van der Waals surface area contributed by atoms with E-state index in [0.29, 0.717) is 17.3 Å². The number of carbonyl (C=O) groups is 1. The third-order valence-electron chi connectivity index (χ3n) is 3.00. The summed E-state index contributed by atoms with van der Waals surface area (Å²) in [5, 5.41) is 8.03. The molecule has 0 saturated heterocycles. The molecule has 2 aromatic heterocycles. The van der Waals surface area contributed by atoms with Gasteiger partial charge in [0.25, 0.3) is 0 Å². The smallest absolute Gasteiger partial charge is 0.319 e. The van der Waals surface area contributed by atoms with Crippen LogP contribution in [0.3, 0.4) is 0 Å². The standard InChI is InChI=1S/C16H13ClN2O2S/c17-13-4-1-2-5-14(13)19-16(20)18-9-12-8-11(10-22-12)15-6-3-7-21-15/h1-8,10H,9H2,(H2,18,19,20). The van der Waals surface area contributed by atoms with E-state index in [4.69, 9.17) is 16.0 Å². The van der Waals surface area contributed by atoms with E-state index in [1.54, 1.807) is 29.7 Å². The number of rotatable bonds is 4. The van der Waals surface area contributed by atoms with E-state index < -0.39 is 0 Å². The van der Waals surface area contributed by atoms with E-state index in [1.165, 1.54) is 0 Å². The van der Waals surface area contributed by atoms with Crippen LogP contribution in [0.2, 0.25) is 5.02 Å². The molecule has 0 bridgehead atoms. The maximum absolute atomic E-state index is 11.9. The molecule has 0 aliphatic rings. The first kappa shape index (κ1) is 14.7. The zero-order valence-corrected chi connectivity index (χ0v) is 13.1. The van der Waals surface area contributed by atoms with Gasteiger partial charge in [-0.2, -0.15) is 0 Å². The van der Waals surface area contributed by atoms with Crippen LogP contribution < -0.4 is 10.6 Å². The highest BCUT2D eigenvalue weighted by molar-refractivity contribution is 7.10. The summed E-state index contributed by atoms with van der Waals surface area (Å²) in [5.74, 6) is 0.822. The molecule has 4 nitrogen and oxygen atoms in total. The number of furan rings is 1. The topological polar surface area (TPSA) is 54.3 Å². The van der Waals surface area contributed by atoms with Gasteiger partial charge in [-0.05, 0) is 30.3 Å². The molecule has 1 aromatic carbocycles. The van der Waals surface area contributed by atoms with Gasteiger partial charge in [-0.25, -0.2) is 4.79 Å². The highest BCUT2D eigenvalue weighted by Crippen LogP contribution is 2.26. The number of carbonyl (C=O) groups excluding carboxylic acids is 1. The fourth-order valence-corrected chi connectivity index (χ4v) is 2.94. The number of halogens is 1. The SMILES string of the molecule is O=C(NCc1cc(-c2ccco2)cs1)Nc1ccccc1Cl. The summed E-state index contributed by atoms with van der Waals surface area (Å²) in [6.07, 6.45) is 1.64. The van der Waals surface area contributed by atoms with Gasteiger partial charge in [-0.1, -0.05) is 23.7 Å². The van der Waals surface area contributed by atoms with Crippen molar-refractivity contribution in [3.05, 3.63) is 64.0 Å². The van der Waals surface area contributed by atoms with Crippen molar-refractivity contribution in [1.82, 2.24) is 5.32 Å². The summed E-state index contributed by atoms with van der Waals surface area (Å²) in [7, 11) is 0. The average Bonchev–Trinajstić information content (AvgIpc) is 3.18. The zero-order valence-electron chi connectivity index (χ0n) is 11.5. The lowest BCUT2D eigenvalue weighted by atomic mass is 10.2. The van der Waals surface area contributed by atoms with Crippen LogP contribution in [0, 0.1) is 0 Å². The Morgan fingerprint density at radius 1 is 1.23 bits per heavy atom. The lowest BCUT2D eigenvalue weighted by Gasteiger charge is -2.07. The summed E-state index contributed by atoms with van der Waals surface area (Å²) in [4.78, 5) is 12.9. The third-order valence-corrected chi connectivity index (χ3v) is 4.27. The van der Waals surface area contributed by atoms with Crippen molar-refractivity contribution in [2.75, 3.05) is 5.32 Å². The van der Waals surface area contributed by atoms with Crippen LogP contribution in [0.1, 0.15) is 4.88 Å². The van der Waals surface area contributed by atoms with Crippen molar-refractivity contribution in [2.24, 2.45) is 0 Å². The van der Waals surface area contributed by atoms with Gasteiger partial charge in [0.1, 0.15) is 5.76 Å². The fraction of sp³-hybridized carbons (Fsp3) is 0.0625. The van der Waals surface area contributed by atoms with Gasteiger partial charge >= 0.3 is 6.03 Å². The second kappa shape index (κ2) is 6.68. The van der Waals surface area contributed by atoms with Crippen LogP contribution in [-0.2, 0) is 6.54 Å². The first-order valence-electron chi connectivity index (χ1n) is 6.63. The number of thiophene rings is 1. The Morgan fingerprint density at radius 2 is 2.09 bits per heavy atom. The molecule has 0 fully saturated rings. The van der Waals surface area contributed by atoms with Gasteiger partial charge in [-0.3, -0.25) is 0 Å². The Bertz CT molecular complexity index is 768. The molecule has 0 atom stereocenters. The van der Waals surface area contributed by atoms with E-state index in [9.17, 15) is 4.79 Å². The van der Waals surface area contributed by atoms with E-state index in [0.717, 1.165) is 16.2 Å². The Labute approximate surface area is 136 Å². The lowest BCUT2D eigenvalue weighted by Crippen LogP contribution is -2.27. The summed E-state index contributed by atoms with van der Waals surface area (Å²) >= 11 is 7.57. The van der Waals surface area contributed by atoms with Gasteiger partial charge in [0, 0.05) is 15.8 Å². The van der Waals surface area contributed by atoms with Gasteiger partial charge in [-0.15, -0.1) is 11.3 Å². The van der Waals surface area contributed by atoms with Crippen molar-refractivity contribution in [1.29, 1.82) is 0 Å². The Kier molecular flexibility index (Phi) is 4.46. The predicted molar refractivity (Wildman–Crippen MR) is 89.3 cm³/mol. The molecule has 0 radical (unpaired) electrons. The highest BCUT2D eigenvalue weighted by Gasteiger charge is 2.07. The maximum atomic E-state index is 11.9. The van der Waals surface area contributed by atoms with Crippen molar-refractivity contribution in [3.8, 4) is 11.3 Å². The summed E-state index contributed by atoms with van der Waals surface area (Å²) < 4.78 is 5.34. The van der Waals surface area contributed by atoms with Gasteiger partial charge in [0.2, 0.25) is 0 Å². The minimum absolute atomic E-state index is 0.291. The molecule has 6 heteroatoms. The number of para-hydroxylation sites is 1. The van der Waals surface area contributed by atoms with Gasteiger partial charge < -0.3 is 15.1 Å². The van der Waals surface area contributed by atoms with Crippen molar-refractivity contribution in [2.45, 2.75) is 6.54 Å². The Hall–Kier alpha value is -2.24. The van der Waals surface area contributed by atoms with Gasteiger partial charge in [0.15, 0.2) is 0 Å². The van der Waals surface area contributed by atoms with Crippen LogP contribution in [0.5, 0.6) is 0 Å². The number of benzene rings is 1. The van der Waals surface area contributed by atoms with E-state index in [2.05, 4.69) is 10.6 Å². The number of nitrogens with one attached hydrogen (secondary N) is 2. The minimum atomic E-state index is -0.291. The normalized spacial score (nSPS) is 10.4. The van der Waals surface area contributed by atoms with E-state index in [-0.39, 0.29) is 6.03 Å². The second-order valence-corrected chi connectivity index (χ2v) is 5.97. The molecule has 2 heterocycles. The average molecular weight is 333 g/mol. The van der Waals surface area contributed by atoms with Crippen LogP contribution in [-0.4, -0.2) is 6.03 Å².